The van der Waals surface area contributed by atoms with Crippen molar-refractivity contribution < 1.29 is 4.79 Å². The predicted molar refractivity (Wildman–Crippen MR) is 89.2 cm³/mol. The van der Waals surface area contributed by atoms with Gasteiger partial charge in [-0.3, -0.25) is 0 Å². The number of aryl methyl sites for hydroxylation is 1. The van der Waals surface area contributed by atoms with Crippen LogP contribution in [0.1, 0.15) is 36.5 Å². The van der Waals surface area contributed by atoms with E-state index >= 15 is 0 Å². The molecule has 3 rings (SSSR count). The van der Waals surface area contributed by atoms with Gasteiger partial charge in [0.05, 0.1) is 18.2 Å². The van der Waals surface area contributed by atoms with Gasteiger partial charge in [0.25, 0.3) is 0 Å². The molecular weight excluding hydrogens is 304 g/mol. The second-order valence-electron chi connectivity index (χ2n) is 5.97. The maximum Gasteiger partial charge on any atom is 0.321 e. The van der Waals surface area contributed by atoms with Crippen LogP contribution >= 0.6 is 0 Å². The molecule has 0 fully saturated rings. The van der Waals surface area contributed by atoms with E-state index in [0.717, 1.165) is 37.5 Å². The van der Waals surface area contributed by atoms with Crippen LogP contribution in [0.15, 0.2) is 24.3 Å². The van der Waals surface area contributed by atoms with Crippen LogP contribution in [0.3, 0.4) is 0 Å². The van der Waals surface area contributed by atoms with Gasteiger partial charge >= 0.3 is 6.03 Å². The highest BCUT2D eigenvalue weighted by atomic mass is 16.2. The number of nitrogens with zero attached hydrogens (tertiary/aromatic N) is 5. The smallest absolute Gasteiger partial charge is 0.320 e. The zero-order chi connectivity index (χ0) is 16.9. The summed E-state index contributed by atoms with van der Waals surface area (Å²) in [4.78, 5) is 13.9. The maximum atomic E-state index is 12.3. The molecule has 1 aliphatic heterocycles. The van der Waals surface area contributed by atoms with Crippen LogP contribution in [-0.2, 0) is 19.5 Å². The number of fused-ring (bicyclic) bond motifs is 1. The molecule has 0 spiro atoms. The second kappa shape index (κ2) is 7.13. The molecule has 7 heteroatoms. The first-order valence-electron chi connectivity index (χ1n) is 8.10. The van der Waals surface area contributed by atoms with Crippen LogP contribution in [-0.4, -0.2) is 32.7 Å². The van der Waals surface area contributed by atoms with Crippen molar-refractivity contribution in [1.29, 1.82) is 5.26 Å². The normalized spacial score (nSPS) is 13.5. The number of hydrogen-bond acceptors (Lipinski definition) is 4. The van der Waals surface area contributed by atoms with Gasteiger partial charge in [0, 0.05) is 25.7 Å². The zero-order valence-electron chi connectivity index (χ0n) is 13.7. The van der Waals surface area contributed by atoms with E-state index in [4.69, 9.17) is 5.26 Å². The van der Waals surface area contributed by atoms with E-state index in [0.29, 0.717) is 17.8 Å². The summed E-state index contributed by atoms with van der Waals surface area (Å²) in [5.74, 6) is 1.84. The minimum Gasteiger partial charge on any atom is -0.320 e. The lowest BCUT2D eigenvalue weighted by molar-refractivity contribution is 0.219. The SMILES string of the molecule is CN(Cc1nnc2n1CCCCC2)C(=O)Nc1ccc(C#N)cc1. The molecule has 0 bridgehead atoms. The van der Waals surface area contributed by atoms with Gasteiger partial charge < -0.3 is 14.8 Å². The van der Waals surface area contributed by atoms with Crippen molar-refractivity contribution in [2.75, 3.05) is 12.4 Å². The lowest BCUT2D eigenvalue weighted by atomic mass is 10.2. The van der Waals surface area contributed by atoms with E-state index < -0.39 is 0 Å². The van der Waals surface area contributed by atoms with Gasteiger partial charge in [-0.15, -0.1) is 10.2 Å². The number of carbonyl (C=O) groups excluding carboxylic acids is 1. The van der Waals surface area contributed by atoms with Crippen molar-refractivity contribution in [3.8, 4) is 6.07 Å². The van der Waals surface area contributed by atoms with E-state index in [9.17, 15) is 4.79 Å². The molecular formula is C17H20N6O. The van der Waals surface area contributed by atoms with Gasteiger partial charge in [-0.25, -0.2) is 4.79 Å². The van der Waals surface area contributed by atoms with Crippen molar-refractivity contribution in [3.05, 3.63) is 41.5 Å². The number of nitrogens with one attached hydrogen (secondary N) is 1. The molecule has 2 amide bonds. The molecule has 7 nitrogen and oxygen atoms in total. The summed E-state index contributed by atoms with van der Waals surface area (Å²) in [5, 5.41) is 20.1. The molecule has 124 valence electrons. The standard InChI is InChI=1S/C17H20N6O/c1-22(17(24)19-14-8-6-13(11-18)7-9-14)12-16-21-20-15-5-3-2-4-10-23(15)16/h6-9H,2-5,10,12H2,1H3,(H,19,24). The number of nitriles is 1. The number of rotatable bonds is 3. The first kappa shape index (κ1) is 16.0. The third-order valence-electron chi connectivity index (χ3n) is 4.18. The fraction of sp³-hybridized carbons (Fsp3) is 0.412. The second-order valence-corrected chi connectivity index (χ2v) is 5.97. The highest BCUT2D eigenvalue weighted by Crippen LogP contribution is 2.16. The molecule has 1 aliphatic rings. The Morgan fingerprint density at radius 1 is 1.29 bits per heavy atom. The fourth-order valence-corrected chi connectivity index (χ4v) is 2.79. The monoisotopic (exact) mass is 324 g/mol. The van der Waals surface area contributed by atoms with Crippen LogP contribution in [0.2, 0.25) is 0 Å². The van der Waals surface area contributed by atoms with Gasteiger partial charge in [0.2, 0.25) is 0 Å². The fourth-order valence-electron chi connectivity index (χ4n) is 2.79. The van der Waals surface area contributed by atoms with Gasteiger partial charge in [-0.2, -0.15) is 5.26 Å². The Labute approximate surface area is 140 Å². The zero-order valence-corrected chi connectivity index (χ0v) is 13.7. The molecule has 0 atom stereocenters. The van der Waals surface area contributed by atoms with E-state index in [1.807, 2.05) is 0 Å². The van der Waals surface area contributed by atoms with Crippen LogP contribution in [0, 0.1) is 11.3 Å². The van der Waals surface area contributed by atoms with Crippen LogP contribution in [0.5, 0.6) is 0 Å². The number of urea groups is 1. The maximum absolute atomic E-state index is 12.3. The van der Waals surface area contributed by atoms with Crippen molar-refractivity contribution >= 4 is 11.7 Å². The third-order valence-corrected chi connectivity index (χ3v) is 4.18. The molecule has 1 aromatic carbocycles. The van der Waals surface area contributed by atoms with Gasteiger partial charge in [-0.05, 0) is 37.1 Å². The van der Waals surface area contributed by atoms with Crippen LogP contribution in [0.25, 0.3) is 0 Å². The molecule has 0 aliphatic carbocycles. The minimum atomic E-state index is -0.217. The number of anilines is 1. The summed E-state index contributed by atoms with van der Waals surface area (Å²) >= 11 is 0. The van der Waals surface area contributed by atoms with Crippen LogP contribution in [0.4, 0.5) is 10.5 Å². The minimum absolute atomic E-state index is 0.217. The van der Waals surface area contributed by atoms with Gasteiger partial charge in [0.1, 0.15) is 5.82 Å². The lowest BCUT2D eigenvalue weighted by Crippen LogP contribution is -2.32. The Morgan fingerprint density at radius 3 is 2.83 bits per heavy atom. The van der Waals surface area contributed by atoms with Gasteiger partial charge in [-0.1, -0.05) is 6.42 Å². The topological polar surface area (TPSA) is 86.8 Å². The Bertz CT molecular complexity index is 758. The number of carbonyl (C=O) groups is 1. The molecule has 0 unspecified atom stereocenters. The molecule has 1 aromatic heterocycles. The van der Waals surface area contributed by atoms with Gasteiger partial charge in [0.15, 0.2) is 5.82 Å². The molecule has 24 heavy (non-hydrogen) atoms. The van der Waals surface area contributed by atoms with Crippen molar-refractivity contribution in [2.45, 2.75) is 38.8 Å². The Kier molecular flexibility index (Phi) is 4.75. The summed E-state index contributed by atoms with van der Waals surface area (Å²) in [5.41, 5.74) is 1.22. The van der Waals surface area contributed by atoms with E-state index in [1.54, 1.807) is 36.2 Å². The average molecular weight is 324 g/mol. The number of benzene rings is 1. The highest BCUT2D eigenvalue weighted by Gasteiger charge is 2.18. The van der Waals surface area contributed by atoms with E-state index in [-0.39, 0.29) is 6.03 Å². The molecule has 1 N–H and O–H groups in total. The number of aromatic nitrogens is 3. The Balaban J connectivity index is 1.64. The Hall–Kier alpha value is -2.88. The lowest BCUT2D eigenvalue weighted by Gasteiger charge is -2.18. The van der Waals surface area contributed by atoms with E-state index in [2.05, 4.69) is 26.2 Å². The molecule has 2 heterocycles. The molecule has 0 saturated heterocycles. The predicted octanol–water partition coefficient (Wildman–Crippen LogP) is 2.54. The van der Waals surface area contributed by atoms with Crippen molar-refractivity contribution in [3.63, 3.8) is 0 Å². The third kappa shape index (κ3) is 3.54. The summed E-state index contributed by atoms with van der Waals surface area (Å²) in [7, 11) is 1.73. The Morgan fingerprint density at radius 2 is 2.08 bits per heavy atom. The van der Waals surface area contributed by atoms with Crippen molar-refractivity contribution in [2.24, 2.45) is 0 Å². The van der Waals surface area contributed by atoms with Crippen LogP contribution < -0.4 is 5.32 Å². The van der Waals surface area contributed by atoms with Crippen molar-refractivity contribution in [1.82, 2.24) is 19.7 Å². The quantitative estimate of drug-likeness (QED) is 0.940. The largest absolute Gasteiger partial charge is 0.321 e. The first-order chi connectivity index (χ1) is 11.7. The average Bonchev–Trinajstić information content (AvgIpc) is 2.82. The summed E-state index contributed by atoms with van der Waals surface area (Å²) in [6.45, 7) is 1.33. The first-order valence-corrected chi connectivity index (χ1v) is 8.10. The molecule has 0 saturated carbocycles. The molecule has 2 aromatic rings. The van der Waals surface area contributed by atoms with E-state index in [1.165, 1.54) is 6.42 Å². The summed E-state index contributed by atoms with van der Waals surface area (Å²) < 4.78 is 2.14. The number of hydrogen-bond donors (Lipinski definition) is 1. The number of amides is 2. The molecule has 0 radical (unpaired) electrons. The summed E-state index contributed by atoms with van der Waals surface area (Å²) in [6.07, 6.45) is 4.43. The summed E-state index contributed by atoms with van der Waals surface area (Å²) in [6, 6.07) is 8.62. The highest BCUT2D eigenvalue weighted by molar-refractivity contribution is 5.89.